The second kappa shape index (κ2) is 9.24. The SMILES string of the molecule is COc1ccc(Cl)cc1NC(=O)[C@@H](C)N[C@@H](c1ccc(C)cc1)c1cccs1. The predicted octanol–water partition coefficient (Wildman–Crippen LogP) is 5.42. The summed E-state index contributed by atoms with van der Waals surface area (Å²) >= 11 is 7.72. The van der Waals surface area contributed by atoms with Gasteiger partial charge in [0, 0.05) is 9.90 Å². The van der Waals surface area contributed by atoms with E-state index in [1.165, 1.54) is 5.56 Å². The van der Waals surface area contributed by atoms with Crippen molar-refractivity contribution >= 4 is 34.5 Å². The summed E-state index contributed by atoms with van der Waals surface area (Å²) in [5, 5.41) is 8.93. The van der Waals surface area contributed by atoms with Crippen LogP contribution in [0.2, 0.25) is 5.02 Å². The van der Waals surface area contributed by atoms with Gasteiger partial charge in [-0.25, -0.2) is 0 Å². The smallest absolute Gasteiger partial charge is 0.241 e. The Bertz CT molecular complexity index is 926. The first-order chi connectivity index (χ1) is 13.5. The van der Waals surface area contributed by atoms with E-state index in [1.807, 2.05) is 18.4 Å². The van der Waals surface area contributed by atoms with Gasteiger partial charge in [0.15, 0.2) is 0 Å². The first kappa shape index (κ1) is 20.4. The second-order valence-corrected chi connectivity index (χ2v) is 8.00. The third kappa shape index (κ3) is 4.93. The van der Waals surface area contributed by atoms with Crippen LogP contribution in [-0.4, -0.2) is 19.1 Å². The van der Waals surface area contributed by atoms with Crippen molar-refractivity contribution in [3.63, 3.8) is 0 Å². The molecule has 0 aliphatic carbocycles. The summed E-state index contributed by atoms with van der Waals surface area (Å²) in [4.78, 5) is 14.0. The number of thiophene rings is 1. The van der Waals surface area contributed by atoms with Crippen LogP contribution in [0.3, 0.4) is 0 Å². The van der Waals surface area contributed by atoms with Gasteiger partial charge in [0.25, 0.3) is 0 Å². The highest BCUT2D eigenvalue weighted by Gasteiger charge is 2.22. The second-order valence-electron chi connectivity index (χ2n) is 6.58. The molecule has 6 heteroatoms. The fraction of sp³-hybridized carbons (Fsp3) is 0.227. The number of anilines is 1. The highest BCUT2D eigenvalue weighted by Crippen LogP contribution is 2.29. The molecule has 0 spiro atoms. The van der Waals surface area contributed by atoms with Crippen molar-refractivity contribution < 1.29 is 9.53 Å². The third-order valence-electron chi connectivity index (χ3n) is 4.47. The lowest BCUT2D eigenvalue weighted by Gasteiger charge is -2.23. The van der Waals surface area contributed by atoms with Gasteiger partial charge >= 0.3 is 0 Å². The minimum absolute atomic E-state index is 0.0670. The molecule has 3 aromatic rings. The minimum atomic E-state index is -0.433. The Kier molecular flexibility index (Phi) is 6.73. The zero-order valence-corrected chi connectivity index (χ0v) is 17.6. The number of aryl methyl sites for hydroxylation is 1. The summed E-state index contributed by atoms with van der Waals surface area (Å²) in [5.41, 5.74) is 2.87. The van der Waals surface area contributed by atoms with E-state index < -0.39 is 6.04 Å². The monoisotopic (exact) mass is 414 g/mol. The lowest BCUT2D eigenvalue weighted by Crippen LogP contribution is -2.40. The maximum absolute atomic E-state index is 12.8. The Morgan fingerprint density at radius 2 is 1.89 bits per heavy atom. The molecule has 0 fully saturated rings. The van der Waals surface area contributed by atoms with E-state index in [0.717, 1.165) is 10.4 Å². The lowest BCUT2D eigenvalue weighted by molar-refractivity contribution is -0.117. The molecule has 28 heavy (non-hydrogen) atoms. The molecule has 3 rings (SSSR count). The normalized spacial score (nSPS) is 13.0. The molecule has 1 heterocycles. The average molecular weight is 415 g/mol. The molecular formula is C22H23ClN2O2S. The fourth-order valence-corrected chi connectivity index (χ4v) is 3.89. The van der Waals surface area contributed by atoms with Crippen molar-refractivity contribution in [3.05, 3.63) is 81.0 Å². The van der Waals surface area contributed by atoms with E-state index in [9.17, 15) is 4.79 Å². The van der Waals surface area contributed by atoms with Crippen LogP contribution in [0.5, 0.6) is 5.75 Å². The van der Waals surface area contributed by atoms with E-state index in [4.69, 9.17) is 16.3 Å². The molecule has 0 saturated heterocycles. The van der Waals surface area contributed by atoms with Gasteiger partial charge in [-0.05, 0) is 49.1 Å². The highest BCUT2D eigenvalue weighted by atomic mass is 35.5. The van der Waals surface area contributed by atoms with Crippen LogP contribution in [0, 0.1) is 6.92 Å². The number of hydrogen-bond donors (Lipinski definition) is 2. The molecule has 2 atom stereocenters. The van der Waals surface area contributed by atoms with Crippen molar-refractivity contribution in [1.29, 1.82) is 0 Å². The Morgan fingerprint density at radius 3 is 2.54 bits per heavy atom. The predicted molar refractivity (Wildman–Crippen MR) is 117 cm³/mol. The van der Waals surface area contributed by atoms with E-state index in [2.05, 4.69) is 47.9 Å². The van der Waals surface area contributed by atoms with Crippen LogP contribution in [-0.2, 0) is 4.79 Å². The Hall–Kier alpha value is -2.34. The molecule has 0 aliphatic rings. The molecule has 146 valence electrons. The summed E-state index contributed by atoms with van der Waals surface area (Å²) in [5.74, 6) is 0.410. The van der Waals surface area contributed by atoms with Crippen LogP contribution < -0.4 is 15.4 Å². The summed E-state index contributed by atoms with van der Waals surface area (Å²) in [6.45, 7) is 3.91. The molecule has 0 aliphatic heterocycles. The van der Waals surface area contributed by atoms with Gasteiger partial charge in [-0.3, -0.25) is 10.1 Å². The van der Waals surface area contributed by atoms with Crippen LogP contribution in [0.4, 0.5) is 5.69 Å². The zero-order chi connectivity index (χ0) is 20.1. The molecule has 1 aromatic heterocycles. The zero-order valence-electron chi connectivity index (χ0n) is 16.0. The highest BCUT2D eigenvalue weighted by molar-refractivity contribution is 7.10. The Balaban J connectivity index is 1.78. The van der Waals surface area contributed by atoms with Crippen LogP contribution in [0.25, 0.3) is 0 Å². The number of hydrogen-bond acceptors (Lipinski definition) is 4. The summed E-state index contributed by atoms with van der Waals surface area (Å²) in [7, 11) is 1.56. The number of ether oxygens (including phenoxy) is 1. The molecule has 0 unspecified atom stereocenters. The molecule has 2 N–H and O–H groups in total. The number of nitrogens with one attached hydrogen (secondary N) is 2. The summed E-state index contributed by atoms with van der Waals surface area (Å²) in [6.07, 6.45) is 0. The van der Waals surface area contributed by atoms with Gasteiger partial charge in [0.2, 0.25) is 5.91 Å². The molecule has 0 radical (unpaired) electrons. The molecule has 4 nitrogen and oxygen atoms in total. The number of halogens is 1. The summed E-state index contributed by atoms with van der Waals surface area (Å²) < 4.78 is 5.31. The van der Waals surface area contributed by atoms with E-state index in [-0.39, 0.29) is 11.9 Å². The third-order valence-corrected chi connectivity index (χ3v) is 5.64. The standard InChI is InChI=1S/C22H23ClN2O2S/c1-14-6-8-16(9-7-14)21(20-5-4-12-28-20)24-15(2)22(26)25-18-13-17(23)10-11-19(18)27-3/h4-13,15,21,24H,1-3H3,(H,25,26)/t15-,21+/m1/s1. The van der Waals surface area contributed by atoms with Crippen LogP contribution in [0.1, 0.15) is 29.0 Å². The number of methoxy groups -OCH3 is 1. The maximum atomic E-state index is 12.8. The fourth-order valence-electron chi connectivity index (χ4n) is 2.90. The van der Waals surface area contributed by atoms with Gasteiger partial charge in [0.1, 0.15) is 5.75 Å². The van der Waals surface area contributed by atoms with E-state index in [0.29, 0.717) is 16.5 Å². The largest absolute Gasteiger partial charge is 0.495 e. The Morgan fingerprint density at radius 1 is 1.14 bits per heavy atom. The van der Waals surface area contributed by atoms with E-state index >= 15 is 0 Å². The Labute approximate surface area is 174 Å². The molecule has 0 bridgehead atoms. The van der Waals surface area contributed by atoms with Gasteiger partial charge in [-0.2, -0.15) is 0 Å². The molecule has 0 saturated carbocycles. The average Bonchev–Trinajstić information content (AvgIpc) is 3.21. The van der Waals surface area contributed by atoms with Gasteiger partial charge in [-0.1, -0.05) is 47.5 Å². The maximum Gasteiger partial charge on any atom is 0.241 e. The number of rotatable bonds is 7. The number of amides is 1. The van der Waals surface area contributed by atoms with Crippen molar-refractivity contribution in [1.82, 2.24) is 5.32 Å². The van der Waals surface area contributed by atoms with Crippen LogP contribution >= 0.6 is 22.9 Å². The van der Waals surface area contributed by atoms with Crippen molar-refractivity contribution in [2.24, 2.45) is 0 Å². The number of benzene rings is 2. The van der Waals surface area contributed by atoms with Gasteiger partial charge in [-0.15, -0.1) is 11.3 Å². The van der Waals surface area contributed by atoms with Crippen molar-refractivity contribution in [3.8, 4) is 5.75 Å². The lowest BCUT2D eigenvalue weighted by atomic mass is 10.0. The van der Waals surface area contributed by atoms with Crippen molar-refractivity contribution in [2.45, 2.75) is 25.9 Å². The van der Waals surface area contributed by atoms with E-state index in [1.54, 1.807) is 36.6 Å². The molecular weight excluding hydrogens is 392 g/mol. The molecule has 1 amide bonds. The topological polar surface area (TPSA) is 50.4 Å². The number of carbonyl (C=O) groups is 1. The molecule has 2 aromatic carbocycles. The van der Waals surface area contributed by atoms with Crippen LogP contribution in [0.15, 0.2) is 60.0 Å². The number of carbonyl (C=O) groups excluding carboxylic acids is 1. The van der Waals surface area contributed by atoms with Gasteiger partial charge < -0.3 is 10.1 Å². The quantitative estimate of drug-likeness (QED) is 0.542. The first-order valence-electron chi connectivity index (χ1n) is 8.98. The van der Waals surface area contributed by atoms with Gasteiger partial charge in [0.05, 0.1) is 24.9 Å². The first-order valence-corrected chi connectivity index (χ1v) is 10.2. The summed E-state index contributed by atoms with van der Waals surface area (Å²) in [6, 6.07) is 17.1. The minimum Gasteiger partial charge on any atom is -0.495 e. The van der Waals surface area contributed by atoms with Crippen molar-refractivity contribution in [2.75, 3.05) is 12.4 Å².